The summed E-state index contributed by atoms with van der Waals surface area (Å²) >= 11 is 0. The van der Waals surface area contributed by atoms with Gasteiger partial charge < -0.3 is 10.5 Å². The van der Waals surface area contributed by atoms with Crippen LogP contribution in [0.25, 0.3) is 0 Å². The fourth-order valence-corrected chi connectivity index (χ4v) is 3.54. The summed E-state index contributed by atoms with van der Waals surface area (Å²) in [5.41, 5.74) is 7.73. The van der Waals surface area contributed by atoms with Crippen molar-refractivity contribution in [2.45, 2.75) is 58.4 Å². The van der Waals surface area contributed by atoms with Gasteiger partial charge in [-0.15, -0.1) is 0 Å². The van der Waals surface area contributed by atoms with Gasteiger partial charge in [-0.05, 0) is 37.7 Å². The molecule has 1 aliphatic rings. The highest BCUT2D eigenvalue weighted by molar-refractivity contribution is 5.36. The summed E-state index contributed by atoms with van der Waals surface area (Å²) in [5.74, 6) is 2.52. The third kappa shape index (κ3) is 3.76. The number of nitrogens with two attached hydrogens (primary N) is 1. The third-order valence-electron chi connectivity index (χ3n) is 4.67. The Balaban J connectivity index is 1.99. The quantitative estimate of drug-likeness (QED) is 0.817. The van der Waals surface area contributed by atoms with Crippen LogP contribution < -0.4 is 10.5 Å². The minimum absolute atomic E-state index is 0.125. The van der Waals surface area contributed by atoms with Gasteiger partial charge in [0.25, 0.3) is 0 Å². The number of ether oxygens (including phenoxy) is 1. The smallest absolute Gasteiger partial charge is 0.124 e. The normalized spacial score (nSPS) is 24.4. The van der Waals surface area contributed by atoms with Gasteiger partial charge in [-0.3, -0.25) is 0 Å². The first kappa shape index (κ1) is 15.4. The van der Waals surface area contributed by atoms with E-state index in [1.807, 2.05) is 19.1 Å². The van der Waals surface area contributed by atoms with E-state index in [1.165, 1.54) is 44.1 Å². The summed E-state index contributed by atoms with van der Waals surface area (Å²) in [7, 11) is 0. The van der Waals surface area contributed by atoms with Crippen LogP contribution in [-0.2, 0) is 0 Å². The van der Waals surface area contributed by atoms with E-state index in [0.717, 1.165) is 11.7 Å². The largest absolute Gasteiger partial charge is 0.494 e. The van der Waals surface area contributed by atoms with Crippen molar-refractivity contribution < 1.29 is 4.74 Å². The molecule has 0 heterocycles. The number of rotatable bonds is 6. The van der Waals surface area contributed by atoms with Gasteiger partial charge in [-0.25, -0.2) is 0 Å². The highest BCUT2D eigenvalue weighted by Crippen LogP contribution is 2.39. The average molecular weight is 275 g/mol. The van der Waals surface area contributed by atoms with E-state index in [9.17, 15) is 0 Å². The summed E-state index contributed by atoms with van der Waals surface area (Å²) in [6, 6.07) is 8.40. The van der Waals surface area contributed by atoms with Crippen molar-refractivity contribution in [3.8, 4) is 5.75 Å². The van der Waals surface area contributed by atoms with Crippen molar-refractivity contribution in [2.24, 2.45) is 17.6 Å². The van der Waals surface area contributed by atoms with Crippen molar-refractivity contribution in [2.75, 3.05) is 6.61 Å². The van der Waals surface area contributed by atoms with Crippen LogP contribution in [-0.4, -0.2) is 6.61 Å². The number of hydrogen-bond acceptors (Lipinski definition) is 2. The molecule has 20 heavy (non-hydrogen) atoms. The Kier molecular flexibility index (Phi) is 5.90. The van der Waals surface area contributed by atoms with Gasteiger partial charge >= 0.3 is 0 Å². The van der Waals surface area contributed by atoms with Crippen molar-refractivity contribution in [3.63, 3.8) is 0 Å². The van der Waals surface area contributed by atoms with E-state index < -0.39 is 0 Å². The van der Waals surface area contributed by atoms with Gasteiger partial charge in [0.15, 0.2) is 0 Å². The zero-order valence-electron chi connectivity index (χ0n) is 13.0. The van der Waals surface area contributed by atoms with Crippen LogP contribution in [0.4, 0.5) is 0 Å². The second-order valence-corrected chi connectivity index (χ2v) is 6.07. The van der Waals surface area contributed by atoms with Crippen molar-refractivity contribution in [3.05, 3.63) is 29.8 Å². The molecule has 112 valence electrons. The average Bonchev–Trinajstić information content (AvgIpc) is 2.49. The first-order valence-electron chi connectivity index (χ1n) is 8.23. The predicted octanol–water partition coefficient (Wildman–Crippen LogP) is 4.69. The van der Waals surface area contributed by atoms with Crippen molar-refractivity contribution >= 4 is 0 Å². The van der Waals surface area contributed by atoms with E-state index >= 15 is 0 Å². The molecule has 0 spiro atoms. The number of hydrogen-bond donors (Lipinski definition) is 1. The first-order valence-corrected chi connectivity index (χ1v) is 8.23. The van der Waals surface area contributed by atoms with Gasteiger partial charge in [0.1, 0.15) is 5.75 Å². The zero-order valence-corrected chi connectivity index (χ0v) is 13.0. The summed E-state index contributed by atoms with van der Waals surface area (Å²) in [6.07, 6.45) is 7.94. The van der Waals surface area contributed by atoms with Crippen LogP contribution >= 0.6 is 0 Å². The molecule has 0 saturated heterocycles. The van der Waals surface area contributed by atoms with E-state index in [-0.39, 0.29) is 6.04 Å². The molecule has 0 bridgehead atoms. The molecule has 0 aliphatic heterocycles. The number of para-hydroxylation sites is 1. The second-order valence-electron chi connectivity index (χ2n) is 6.07. The lowest BCUT2D eigenvalue weighted by molar-refractivity contribution is 0.231. The first-order chi connectivity index (χ1) is 9.76. The highest BCUT2D eigenvalue weighted by atomic mass is 16.5. The molecule has 0 aromatic heterocycles. The van der Waals surface area contributed by atoms with Gasteiger partial charge in [-0.2, -0.15) is 0 Å². The molecule has 0 amide bonds. The minimum atomic E-state index is 0.125. The minimum Gasteiger partial charge on any atom is -0.494 e. The monoisotopic (exact) mass is 275 g/mol. The van der Waals surface area contributed by atoms with Crippen LogP contribution in [0.1, 0.15) is 64.0 Å². The van der Waals surface area contributed by atoms with Crippen LogP contribution in [0.3, 0.4) is 0 Å². The van der Waals surface area contributed by atoms with Crippen LogP contribution in [0.5, 0.6) is 5.75 Å². The summed E-state index contributed by atoms with van der Waals surface area (Å²) in [4.78, 5) is 0. The fourth-order valence-electron chi connectivity index (χ4n) is 3.54. The van der Waals surface area contributed by atoms with Crippen LogP contribution in [0, 0.1) is 11.8 Å². The maximum atomic E-state index is 6.54. The van der Waals surface area contributed by atoms with Crippen molar-refractivity contribution in [1.29, 1.82) is 0 Å². The molecule has 2 N–H and O–H groups in total. The van der Waals surface area contributed by atoms with Gasteiger partial charge in [0, 0.05) is 11.6 Å². The Morgan fingerprint density at radius 3 is 2.50 bits per heavy atom. The van der Waals surface area contributed by atoms with E-state index in [0.29, 0.717) is 12.5 Å². The van der Waals surface area contributed by atoms with E-state index in [1.54, 1.807) is 0 Å². The standard InChI is InChI=1S/C18H29NO/c1-3-7-14-10-12-15(13-11-14)18(19)16-8-5-6-9-17(16)20-4-2/h5-6,8-9,14-15,18H,3-4,7,10-13,19H2,1-2H3. The molecule has 0 radical (unpaired) electrons. The Hall–Kier alpha value is -1.02. The fraction of sp³-hybridized carbons (Fsp3) is 0.667. The van der Waals surface area contributed by atoms with E-state index in [4.69, 9.17) is 10.5 Å². The molecule has 1 saturated carbocycles. The van der Waals surface area contributed by atoms with Crippen LogP contribution in [0.15, 0.2) is 24.3 Å². The summed E-state index contributed by atoms with van der Waals surface area (Å²) in [6.45, 7) is 5.02. The second kappa shape index (κ2) is 7.68. The van der Waals surface area contributed by atoms with Gasteiger partial charge in [0.05, 0.1) is 6.61 Å². The molecular weight excluding hydrogens is 246 g/mol. The Bertz CT molecular complexity index is 396. The topological polar surface area (TPSA) is 35.2 Å². The zero-order chi connectivity index (χ0) is 14.4. The maximum Gasteiger partial charge on any atom is 0.124 e. The predicted molar refractivity (Wildman–Crippen MR) is 84.9 cm³/mol. The Morgan fingerprint density at radius 1 is 1.15 bits per heavy atom. The molecule has 2 rings (SSSR count). The third-order valence-corrected chi connectivity index (χ3v) is 4.67. The lowest BCUT2D eigenvalue weighted by Gasteiger charge is -2.32. The van der Waals surface area contributed by atoms with Gasteiger partial charge in [-0.1, -0.05) is 50.8 Å². The SMILES string of the molecule is CCCC1CCC(C(N)c2ccccc2OCC)CC1. The highest BCUT2D eigenvalue weighted by Gasteiger charge is 2.27. The molecule has 1 unspecified atom stereocenters. The molecular formula is C18H29NO. The molecule has 1 fully saturated rings. The molecule has 1 aliphatic carbocycles. The molecule has 1 aromatic carbocycles. The Labute approximate surface area is 123 Å². The molecule has 2 heteroatoms. The summed E-state index contributed by atoms with van der Waals surface area (Å²) in [5, 5.41) is 0. The Morgan fingerprint density at radius 2 is 1.85 bits per heavy atom. The molecule has 1 aromatic rings. The lowest BCUT2D eigenvalue weighted by Crippen LogP contribution is -2.26. The maximum absolute atomic E-state index is 6.54. The van der Waals surface area contributed by atoms with Crippen molar-refractivity contribution in [1.82, 2.24) is 0 Å². The number of benzene rings is 1. The lowest BCUT2D eigenvalue weighted by atomic mass is 9.75. The molecule has 2 nitrogen and oxygen atoms in total. The summed E-state index contributed by atoms with van der Waals surface area (Å²) < 4.78 is 5.73. The van der Waals surface area contributed by atoms with Gasteiger partial charge in [0.2, 0.25) is 0 Å². The molecule has 1 atom stereocenters. The van der Waals surface area contributed by atoms with Crippen LogP contribution in [0.2, 0.25) is 0 Å². The van der Waals surface area contributed by atoms with E-state index in [2.05, 4.69) is 19.1 Å².